The van der Waals surface area contributed by atoms with Crippen molar-refractivity contribution in [3.8, 4) is 16.3 Å². The van der Waals surface area contributed by atoms with E-state index in [1.54, 1.807) is 18.4 Å². The zero-order valence-electron chi connectivity index (χ0n) is 16.4. The van der Waals surface area contributed by atoms with E-state index < -0.39 is 0 Å². The maximum absolute atomic E-state index is 12.6. The van der Waals surface area contributed by atoms with Crippen molar-refractivity contribution in [3.05, 3.63) is 65.7 Å². The van der Waals surface area contributed by atoms with Crippen molar-refractivity contribution in [3.63, 3.8) is 0 Å². The van der Waals surface area contributed by atoms with Gasteiger partial charge in [0.15, 0.2) is 0 Å². The second-order valence-corrected chi connectivity index (χ2v) is 7.76. The fraction of sp³-hybridized carbons (Fsp3) is 0.273. The van der Waals surface area contributed by atoms with Crippen LogP contribution in [-0.2, 0) is 6.54 Å². The first-order valence-corrected chi connectivity index (χ1v) is 10.5. The van der Waals surface area contributed by atoms with Gasteiger partial charge in [0.25, 0.3) is 0 Å². The highest BCUT2D eigenvalue weighted by atomic mass is 32.1. The number of hydrogen-bond acceptors (Lipinski definition) is 5. The molecule has 0 spiro atoms. The Morgan fingerprint density at radius 2 is 1.79 bits per heavy atom. The largest absolute Gasteiger partial charge is 0.495 e. The lowest BCUT2D eigenvalue weighted by atomic mass is 10.2. The lowest BCUT2D eigenvalue weighted by Crippen LogP contribution is -2.49. The van der Waals surface area contributed by atoms with Crippen molar-refractivity contribution < 1.29 is 9.53 Å². The number of para-hydroxylation sites is 2. The van der Waals surface area contributed by atoms with Gasteiger partial charge in [-0.25, -0.2) is 9.78 Å². The number of carbonyl (C=O) groups is 1. The quantitative estimate of drug-likeness (QED) is 0.688. The van der Waals surface area contributed by atoms with E-state index in [-0.39, 0.29) is 6.03 Å². The number of amides is 2. The molecule has 0 saturated carbocycles. The molecule has 0 atom stereocenters. The molecule has 4 rings (SSSR count). The molecule has 0 bridgehead atoms. The second-order valence-electron chi connectivity index (χ2n) is 6.90. The molecule has 0 aliphatic carbocycles. The number of ether oxygens (including phenoxy) is 1. The van der Waals surface area contributed by atoms with E-state index in [4.69, 9.17) is 9.72 Å². The van der Waals surface area contributed by atoms with Crippen LogP contribution in [0.3, 0.4) is 0 Å². The molecule has 0 radical (unpaired) electrons. The van der Waals surface area contributed by atoms with Crippen LogP contribution < -0.4 is 10.1 Å². The van der Waals surface area contributed by atoms with Crippen LogP contribution in [0.25, 0.3) is 10.6 Å². The third kappa shape index (κ3) is 4.75. The van der Waals surface area contributed by atoms with Crippen molar-refractivity contribution in [1.29, 1.82) is 0 Å². The van der Waals surface area contributed by atoms with Gasteiger partial charge in [0.2, 0.25) is 0 Å². The number of aromatic nitrogens is 1. The predicted octanol–water partition coefficient (Wildman–Crippen LogP) is 4.17. The summed E-state index contributed by atoms with van der Waals surface area (Å²) in [5.74, 6) is 0.664. The molecule has 150 valence electrons. The standard InChI is InChI=1S/C22H24N4O2S/c1-28-20-10-6-5-9-19(20)24-22(27)26-13-11-25(12-14-26)15-18-16-29-21(23-18)17-7-3-2-4-8-17/h2-10,16H,11-15H2,1H3,(H,24,27). The number of nitrogens with one attached hydrogen (secondary N) is 1. The van der Waals surface area contributed by atoms with Gasteiger partial charge in [-0.3, -0.25) is 4.90 Å². The Morgan fingerprint density at radius 3 is 2.55 bits per heavy atom. The van der Waals surface area contributed by atoms with Gasteiger partial charge in [-0.05, 0) is 12.1 Å². The summed E-state index contributed by atoms with van der Waals surface area (Å²) in [6.45, 7) is 3.85. The fourth-order valence-corrected chi connectivity index (χ4v) is 4.19. The molecule has 1 aliphatic heterocycles. The number of thiazole rings is 1. The van der Waals surface area contributed by atoms with Gasteiger partial charge in [0.05, 0.1) is 18.5 Å². The predicted molar refractivity (Wildman–Crippen MR) is 116 cm³/mol. The summed E-state index contributed by atoms with van der Waals surface area (Å²) in [6.07, 6.45) is 0. The molecule has 1 fully saturated rings. The maximum Gasteiger partial charge on any atom is 0.322 e. The number of benzene rings is 2. The summed E-state index contributed by atoms with van der Waals surface area (Å²) in [6, 6.07) is 17.6. The molecular formula is C22H24N4O2S. The number of anilines is 1. The first-order valence-electron chi connectivity index (χ1n) is 9.64. The van der Waals surface area contributed by atoms with Crippen LogP contribution in [0.2, 0.25) is 0 Å². The van der Waals surface area contributed by atoms with Gasteiger partial charge in [-0.2, -0.15) is 0 Å². The van der Waals surface area contributed by atoms with Crippen molar-refractivity contribution in [2.24, 2.45) is 0 Å². The molecule has 6 nitrogen and oxygen atoms in total. The number of methoxy groups -OCH3 is 1. The third-order valence-corrected chi connectivity index (χ3v) is 5.91. The average molecular weight is 409 g/mol. The Labute approximate surface area is 174 Å². The first kappa shape index (κ1) is 19.4. The average Bonchev–Trinajstić information content (AvgIpc) is 3.24. The minimum Gasteiger partial charge on any atom is -0.495 e. The van der Waals surface area contributed by atoms with Crippen LogP contribution in [0, 0.1) is 0 Å². The van der Waals surface area contributed by atoms with Crippen LogP contribution in [0.15, 0.2) is 60.0 Å². The summed E-state index contributed by atoms with van der Waals surface area (Å²) in [4.78, 5) is 21.6. The van der Waals surface area contributed by atoms with E-state index in [2.05, 4.69) is 27.7 Å². The monoisotopic (exact) mass is 408 g/mol. The lowest BCUT2D eigenvalue weighted by molar-refractivity contribution is 0.142. The fourth-order valence-electron chi connectivity index (χ4n) is 3.37. The molecule has 29 heavy (non-hydrogen) atoms. The topological polar surface area (TPSA) is 57.7 Å². The maximum atomic E-state index is 12.6. The Kier molecular flexibility index (Phi) is 6.07. The third-order valence-electron chi connectivity index (χ3n) is 4.97. The number of nitrogens with zero attached hydrogens (tertiary/aromatic N) is 3. The van der Waals surface area contributed by atoms with E-state index in [1.165, 1.54) is 0 Å². The molecule has 2 aromatic carbocycles. The summed E-state index contributed by atoms with van der Waals surface area (Å²) in [7, 11) is 1.60. The minimum atomic E-state index is -0.0887. The van der Waals surface area contributed by atoms with Gasteiger partial charge < -0.3 is 15.0 Å². The van der Waals surface area contributed by atoms with E-state index in [1.807, 2.05) is 47.4 Å². The molecule has 1 N–H and O–H groups in total. The van der Waals surface area contributed by atoms with Crippen LogP contribution >= 0.6 is 11.3 Å². The second kappa shape index (κ2) is 9.07. The lowest BCUT2D eigenvalue weighted by Gasteiger charge is -2.34. The van der Waals surface area contributed by atoms with Crippen LogP contribution in [-0.4, -0.2) is 54.1 Å². The summed E-state index contributed by atoms with van der Waals surface area (Å²) in [5, 5.41) is 6.13. The molecule has 0 unspecified atom stereocenters. The molecule has 2 amide bonds. The number of urea groups is 1. The highest BCUT2D eigenvalue weighted by molar-refractivity contribution is 7.13. The van der Waals surface area contributed by atoms with E-state index in [0.717, 1.165) is 35.9 Å². The van der Waals surface area contributed by atoms with Crippen LogP contribution in [0.5, 0.6) is 5.75 Å². The van der Waals surface area contributed by atoms with E-state index >= 15 is 0 Å². The van der Waals surface area contributed by atoms with Gasteiger partial charge in [-0.15, -0.1) is 11.3 Å². The molecular weight excluding hydrogens is 384 g/mol. The number of piperazine rings is 1. The van der Waals surface area contributed by atoms with Crippen LogP contribution in [0.1, 0.15) is 5.69 Å². The summed E-state index contributed by atoms with van der Waals surface area (Å²) >= 11 is 1.68. The Balaban J connectivity index is 1.29. The molecule has 1 aliphatic rings. The van der Waals surface area contributed by atoms with Gasteiger partial charge >= 0.3 is 6.03 Å². The SMILES string of the molecule is COc1ccccc1NC(=O)N1CCN(Cc2csc(-c3ccccc3)n2)CC1. The zero-order valence-corrected chi connectivity index (χ0v) is 17.2. The zero-order chi connectivity index (χ0) is 20.1. The normalized spacial score (nSPS) is 14.6. The van der Waals surface area contributed by atoms with E-state index in [9.17, 15) is 4.79 Å². The van der Waals surface area contributed by atoms with Crippen LogP contribution in [0.4, 0.5) is 10.5 Å². The van der Waals surface area contributed by atoms with Crippen molar-refractivity contribution in [2.45, 2.75) is 6.54 Å². The van der Waals surface area contributed by atoms with Crippen molar-refractivity contribution in [2.75, 3.05) is 38.6 Å². The smallest absolute Gasteiger partial charge is 0.322 e. The number of hydrogen-bond donors (Lipinski definition) is 1. The van der Waals surface area contributed by atoms with Crippen molar-refractivity contribution >= 4 is 23.1 Å². The number of rotatable bonds is 5. The summed E-state index contributed by atoms with van der Waals surface area (Å²) < 4.78 is 5.30. The molecule has 7 heteroatoms. The van der Waals surface area contributed by atoms with Gasteiger partial charge in [0.1, 0.15) is 10.8 Å². The first-order chi connectivity index (χ1) is 14.2. The molecule has 3 aromatic rings. The Hall–Kier alpha value is -2.90. The highest BCUT2D eigenvalue weighted by Crippen LogP contribution is 2.25. The van der Waals surface area contributed by atoms with Gasteiger partial charge in [0, 0.05) is 43.7 Å². The molecule has 1 aromatic heterocycles. The molecule has 2 heterocycles. The minimum absolute atomic E-state index is 0.0887. The Bertz CT molecular complexity index is 952. The van der Waals surface area contributed by atoms with Gasteiger partial charge in [-0.1, -0.05) is 42.5 Å². The van der Waals surface area contributed by atoms with Crippen molar-refractivity contribution in [1.82, 2.24) is 14.8 Å². The Morgan fingerprint density at radius 1 is 1.07 bits per heavy atom. The summed E-state index contributed by atoms with van der Waals surface area (Å²) in [5.41, 5.74) is 2.93. The highest BCUT2D eigenvalue weighted by Gasteiger charge is 2.22. The van der Waals surface area contributed by atoms with E-state index in [0.29, 0.717) is 24.5 Å². The number of carbonyl (C=O) groups excluding carboxylic acids is 1. The molecule has 1 saturated heterocycles.